The zero-order valence-electron chi connectivity index (χ0n) is 18.6. The van der Waals surface area contributed by atoms with E-state index >= 15 is 8.78 Å². The molecule has 0 radical (unpaired) electrons. The van der Waals surface area contributed by atoms with Gasteiger partial charge in [-0.1, -0.05) is 18.2 Å². The molecule has 0 unspecified atom stereocenters. The fraction of sp³-hybridized carbons (Fsp3) is 0.440. The highest BCUT2D eigenvalue weighted by atomic mass is 19.1. The Bertz CT molecular complexity index is 1120. The first-order valence-electron chi connectivity index (χ1n) is 11.2. The summed E-state index contributed by atoms with van der Waals surface area (Å²) in [6, 6.07) is 12.0. The second-order valence-electron chi connectivity index (χ2n) is 9.73. The third-order valence-corrected chi connectivity index (χ3v) is 6.53. The molecular formula is C25H29F3N4. The van der Waals surface area contributed by atoms with Crippen LogP contribution in [0.25, 0.3) is 10.9 Å². The summed E-state index contributed by atoms with van der Waals surface area (Å²) in [6.45, 7) is 7.25. The van der Waals surface area contributed by atoms with Crippen molar-refractivity contribution < 1.29 is 13.2 Å². The number of nitrogens with zero attached hydrogens (tertiary/aromatic N) is 2. The number of benzene rings is 2. The van der Waals surface area contributed by atoms with Crippen LogP contribution in [0.4, 0.5) is 18.9 Å². The zero-order chi connectivity index (χ0) is 22.6. The molecule has 1 fully saturated rings. The van der Waals surface area contributed by atoms with Crippen LogP contribution < -0.4 is 10.6 Å². The quantitative estimate of drug-likeness (QED) is 0.593. The van der Waals surface area contributed by atoms with E-state index in [9.17, 15) is 4.39 Å². The van der Waals surface area contributed by atoms with E-state index in [1.807, 2.05) is 42.2 Å². The normalized spacial score (nSPS) is 22.1. The first-order valence-corrected chi connectivity index (χ1v) is 11.2. The summed E-state index contributed by atoms with van der Waals surface area (Å²) >= 11 is 0. The van der Waals surface area contributed by atoms with Gasteiger partial charge < -0.3 is 15.2 Å². The second kappa shape index (κ2) is 7.81. The van der Waals surface area contributed by atoms with E-state index in [1.54, 1.807) is 0 Å². The summed E-state index contributed by atoms with van der Waals surface area (Å²) < 4.78 is 48.0. The van der Waals surface area contributed by atoms with Gasteiger partial charge in [0.2, 0.25) is 0 Å². The summed E-state index contributed by atoms with van der Waals surface area (Å²) in [6.07, 6.45) is 0. The van der Waals surface area contributed by atoms with Crippen molar-refractivity contribution in [2.24, 2.45) is 0 Å². The Morgan fingerprint density at radius 1 is 1.09 bits per heavy atom. The SMILES string of the molecule is C[C@@H]1Cn2c(cc3ccccc32)[C@@H](c2c(F)cc(NC3CNC3)cc2F)N1CC(C)(C)F. The first kappa shape index (κ1) is 21.3. The monoisotopic (exact) mass is 442 g/mol. The molecule has 2 aliphatic rings. The fourth-order valence-corrected chi connectivity index (χ4v) is 5.01. The van der Waals surface area contributed by atoms with Crippen LogP contribution in [-0.2, 0) is 6.54 Å². The summed E-state index contributed by atoms with van der Waals surface area (Å²) in [5, 5.41) is 7.31. The Kier molecular flexibility index (Phi) is 5.21. The second-order valence-corrected chi connectivity index (χ2v) is 9.73. The maximum atomic E-state index is 15.5. The summed E-state index contributed by atoms with van der Waals surface area (Å²) in [7, 11) is 0. The minimum Gasteiger partial charge on any atom is -0.380 e. The molecule has 0 spiro atoms. The lowest BCUT2D eigenvalue weighted by atomic mass is 9.94. The Morgan fingerprint density at radius 2 is 1.78 bits per heavy atom. The van der Waals surface area contributed by atoms with E-state index in [0.717, 1.165) is 29.7 Å². The number of hydrogen-bond acceptors (Lipinski definition) is 3. The van der Waals surface area contributed by atoms with Crippen molar-refractivity contribution in [3.63, 3.8) is 0 Å². The number of para-hydroxylation sites is 1. The molecule has 3 aromatic rings. The molecule has 0 saturated carbocycles. The third-order valence-electron chi connectivity index (χ3n) is 6.53. The molecule has 7 heteroatoms. The number of aromatic nitrogens is 1. The highest BCUT2D eigenvalue weighted by Gasteiger charge is 2.40. The summed E-state index contributed by atoms with van der Waals surface area (Å²) in [5.41, 5.74) is 0.705. The highest BCUT2D eigenvalue weighted by Crippen LogP contribution is 2.41. The van der Waals surface area contributed by atoms with Gasteiger partial charge in [0.1, 0.15) is 17.3 Å². The van der Waals surface area contributed by atoms with Crippen LogP contribution in [0.5, 0.6) is 0 Å². The van der Waals surface area contributed by atoms with E-state index in [-0.39, 0.29) is 24.2 Å². The van der Waals surface area contributed by atoms with E-state index < -0.39 is 23.3 Å². The standard InChI is InChI=1S/C25H29F3N4/c1-15-13-31-21-7-5-4-6-16(21)8-22(31)24(32(15)14-25(2,3)28)23-19(26)9-17(10-20(23)27)30-18-11-29-12-18/h4-10,15,18,24,29-30H,11-14H2,1-3H3/t15-,24+/m1/s1. The number of nitrogens with one attached hydrogen (secondary N) is 2. The maximum Gasteiger partial charge on any atom is 0.133 e. The Morgan fingerprint density at radius 3 is 2.41 bits per heavy atom. The van der Waals surface area contributed by atoms with Crippen molar-refractivity contribution in [1.82, 2.24) is 14.8 Å². The number of anilines is 1. The predicted octanol–water partition coefficient (Wildman–Crippen LogP) is 4.84. The number of halogens is 3. The number of alkyl halides is 1. The van der Waals surface area contributed by atoms with Gasteiger partial charge in [-0.15, -0.1) is 0 Å². The van der Waals surface area contributed by atoms with E-state index in [4.69, 9.17) is 0 Å². The molecule has 32 heavy (non-hydrogen) atoms. The highest BCUT2D eigenvalue weighted by molar-refractivity contribution is 5.82. The molecule has 0 bridgehead atoms. The largest absolute Gasteiger partial charge is 0.380 e. The van der Waals surface area contributed by atoms with Crippen molar-refractivity contribution in [2.45, 2.75) is 51.1 Å². The van der Waals surface area contributed by atoms with Crippen molar-refractivity contribution in [3.8, 4) is 0 Å². The van der Waals surface area contributed by atoms with Crippen LogP contribution in [0, 0.1) is 11.6 Å². The van der Waals surface area contributed by atoms with Crippen LogP contribution >= 0.6 is 0 Å². The molecule has 2 atom stereocenters. The van der Waals surface area contributed by atoms with Crippen LogP contribution in [0.2, 0.25) is 0 Å². The predicted molar refractivity (Wildman–Crippen MR) is 122 cm³/mol. The van der Waals surface area contributed by atoms with Gasteiger partial charge in [0, 0.05) is 54.7 Å². The van der Waals surface area contributed by atoms with Gasteiger partial charge in [-0.25, -0.2) is 13.2 Å². The third kappa shape index (κ3) is 3.77. The van der Waals surface area contributed by atoms with Crippen LogP contribution in [0.15, 0.2) is 42.5 Å². The topological polar surface area (TPSA) is 32.2 Å². The fourth-order valence-electron chi connectivity index (χ4n) is 5.01. The van der Waals surface area contributed by atoms with Gasteiger partial charge in [0.15, 0.2) is 0 Å². The summed E-state index contributed by atoms with van der Waals surface area (Å²) in [4.78, 5) is 1.90. The van der Waals surface area contributed by atoms with Crippen LogP contribution in [-0.4, -0.2) is 46.9 Å². The van der Waals surface area contributed by atoms with E-state index in [0.29, 0.717) is 12.2 Å². The molecule has 0 amide bonds. The smallest absolute Gasteiger partial charge is 0.133 e. The Labute approximate surface area is 186 Å². The van der Waals surface area contributed by atoms with E-state index in [2.05, 4.69) is 15.2 Å². The number of fused-ring (bicyclic) bond motifs is 3. The molecule has 0 aliphatic carbocycles. The Balaban J connectivity index is 1.65. The first-order chi connectivity index (χ1) is 15.2. The molecule has 4 nitrogen and oxygen atoms in total. The van der Waals surface area contributed by atoms with Gasteiger partial charge in [0.05, 0.1) is 12.1 Å². The lowest BCUT2D eigenvalue weighted by Gasteiger charge is -2.44. The minimum atomic E-state index is -1.51. The van der Waals surface area contributed by atoms with Crippen molar-refractivity contribution in [2.75, 3.05) is 25.0 Å². The van der Waals surface area contributed by atoms with Crippen molar-refractivity contribution >= 4 is 16.6 Å². The molecule has 3 heterocycles. The average Bonchev–Trinajstić information content (AvgIpc) is 3.04. The van der Waals surface area contributed by atoms with Gasteiger partial charge in [0.25, 0.3) is 0 Å². The van der Waals surface area contributed by atoms with E-state index in [1.165, 1.54) is 26.0 Å². The van der Waals surface area contributed by atoms with Gasteiger partial charge >= 0.3 is 0 Å². The van der Waals surface area contributed by atoms with Gasteiger partial charge in [-0.05, 0) is 50.4 Å². The van der Waals surface area contributed by atoms with Crippen molar-refractivity contribution in [1.29, 1.82) is 0 Å². The Hall–Kier alpha value is -2.51. The lowest BCUT2D eigenvalue weighted by molar-refractivity contribution is 0.0507. The number of hydrogen-bond donors (Lipinski definition) is 2. The molecule has 2 aliphatic heterocycles. The lowest BCUT2D eigenvalue weighted by Crippen LogP contribution is -2.51. The molecule has 5 rings (SSSR count). The van der Waals surface area contributed by atoms with Crippen LogP contribution in [0.3, 0.4) is 0 Å². The molecule has 170 valence electrons. The zero-order valence-corrected chi connectivity index (χ0v) is 18.6. The maximum absolute atomic E-state index is 15.5. The molecule has 2 N–H and O–H groups in total. The average molecular weight is 443 g/mol. The molecular weight excluding hydrogens is 413 g/mol. The van der Waals surface area contributed by atoms with Crippen molar-refractivity contribution in [3.05, 3.63) is 65.4 Å². The van der Waals surface area contributed by atoms with Gasteiger partial charge in [-0.2, -0.15) is 0 Å². The molecule has 2 aromatic carbocycles. The molecule has 1 saturated heterocycles. The minimum absolute atomic E-state index is 0.0258. The van der Waals surface area contributed by atoms with Gasteiger partial charge in [-0.3, -0.25) is 4.90 Å². The van der Waals surface area contributed by atoms with Crippen LogP contribution in [0.1, 0.15) is 38.1 Å². The summed E-state index contributed by atoms with van der Waals surface area (Å²) in [5.74, 6) is -1.23. The molecule has 1 aromatic heterocycles. The number of rotatable bonds is 5.